The first-order valence-electron chi connectivity index (χ1n) is 14.2. The number of carbonyl (C=O) groups is 1. The standard InChI is InChI=1S/C31H30FN7O2S/c1-37-14-10-20(11-15-37)19-4-6-21(7-5-19)22-8-9-23-25(26(22)32)30(41)39(18-34-23)28(29(40)36-31-33-12-16-42-31)27-24-3-2-13-38(24)17-35-27/h4-9,12,16-18,20,28H,2-3,10-11,13-15H2,1H3,(H,33,36,40). The number of aromatic nitrogens is 5. The van der Waals surface area contributed by atoms with Crippen LogP contribution in [0, 0.1) is 5.82 Å². The third-order valence-corrected chi connectivity index (χ3v) is 9.23. The van der Waals surface area contributed by atoms with Gasteiger partial charge in [-0.25, -0.2) is 19.3 Å². The molecule has 0 saturated carbocycles. The molecule has 3 aromatic heterocycles. The molecule has 42 heavy (non-hydrogen) atoms. The lowest BCUT2D eigenvalue weighted by molar-refractivity contribution is -0.118. The number of nitrogens with one attached hydrogen (secondary N) is 1. The van der Waals surface area contributed by atoms with E-state index in [-0.39, 0.29) is 10.9 Å². The maximum Gasteiger partial charge on any atom is 0.265 e. The first-order chi connectivity index (χ1) is 20.5. The quantitative estimate of drug-likeness (QED) is 0.307. The Morgan fingerprint density at radius 1 is 1.05 bits per heavy atom. The molecule has 1 unspecified atom stereocenters. The van der Waals surface area contributed by atoms with Gasteiger partial charge in [0.05, 0.1) is 23.9 Å². The fourth-order valence-corrected chi connectivity index (χ4v) is 6.77. The van der Waals surface area contributed by atoms with E-state index in [4.69, 9.17) is 0 Å². The summed E-state index contributed by atoms with van der Waals surface area (Å²) in [7, 11) is 2.14. The fraction of sp³-hybridized carbons (Fsp3) is 0.323. The van der Waals surface area contributed by atoms with Gasteiger partial charge < -0.3 is 9.47 Å². The molecule has 1 atom stereocenters. The zero-order valence-corrected chi connectivity index (χ0v) is 24.0. The second kappa shape index (κ2) is 10.9. The van der Waals surface area contributed by atoms with Gasteiger partial charge in [0.1, 0.15) is 11.2 Å². The van der Waals surface area contributed by atoms with Crippen LogP contribution in [-0.2, 0) is 17.8 Å². The van der Waals surface area contributed by atoms with E-state index in [1.165, 1.54) is 27.8 Å². The van der Waals surface area contributed by atoms with Crippen molar-refractivity contribution in [1.29, 1.82) is 0 Å². The SMILES string of the molecule is CN1CCC(c2ccc(-c3ccc4ncn(C(C(=O)Nc5nccs5)c5ncn6c5CCC6)c(=O)c4c3F)cc2)CC1. The summed E-state index contributed by atoms with van der Waals surface area (Å²) in [6, 6.07) is 10.2. The number of benzene rings is 2. The van der Waals surface area contributed by atoms with Crippen molar-refractivity contribution in [3.63, 3.8) is 0 Å². The summed E-state index contributed by atoms with van der Waals surface area (Å²) in [5.41, 5.74) is 3.20. The van der Waals surface area contributed by atoms with Gasteiger partial charge in [-0.2, -0.15) is 0 Å². The van der Waals surface area contributed by atoms with Crippen LogP contribution < -0.4 is 10.9 Å². The molecule has 9 nitrogen and oxygen atoms in total. The summed E-state index contributed by atoms with van der Waals surface area (Å²) in [5.74, 6) is -0.645. The number of thiazole rings is 1. The minimum atomic E-state index is -1.13. The summed E-state index contributed by atoms with van der Waals surface area (Å²) in [4.78, 5) is 43.1. The number of piperidine rings is 1. The molecule has 0 bridgehead atoms. The second-order valence-electron chi connectivity index (χ2n) is 11.1. The van der Waals surface area contributed by atoms with Gasteiger partial charge in [-0.05, 0) is 75.0 Å². The lowest BCUT2D eigenvalue weighted by Crippen LogP contribution is -2.35. The molecule has 5 aromatic rings. The van der Waals surface area contributed by atoms with E-state index in [9.17, 15) is 9.59 Å². The lowest BCUT2D eigenvalue weighted by Gasteiger charge is -2.29. The van der Waals surface area contributed by atoms with E-state index >= 15 is 4.39 Å². The highest BCUT2D eigenvalue weighted by atomic mass is 32.1. The minimum Gasteiger partial charge on any atom is -0.334 e. The molecule has 7 rings (SSSR count). The first-order valence-corrected chi connectivity index (χ1v) is 15.1. The Morgan fingerprint density at radius 2 is 1.86 bits per heavy atom. The third kappa shape index (κ3) is 4.72. The van der Waals surface area contributed by atoms with Gasteiger partial charge in [-0.15, -0.1) is 11.3 Å². The Morgan fingerprint density at radius 3 is 2.62 bits per heavy atom. The Labute approximate surface area is 245 Å². The molecule has 2 aromatic carbocycles. The van der Waals surface area contributed by atoms with Crippen molar-refractivity contribution in [3.05, 3.63) is 93.8 Å². The number of imidazole rings is 1. The Balaban J connectivity index is 1.29. The van der Waals surface area contributed by atoms with Crippen LogP contribution in [-0.4, -0.2) is 55.0 Å². The number of fused-ring (bicyclic) bond motifs is 2. The summed E-state index contributed by atoms with van der Waals surface area (Å²) in [5, 5.41) is 4.79. The maximum absolute atomic E-state index is 16.2. The number of rotatable bonds is 6. The van der Waals surface area contributed by atoms with Crippen molar-refractivity contribution >= 4 is 33.3 Å². The van der Waals surface area contributed by atoms with Gasteiger partial charge >= 0.3 is 0 Å². The van der Waals surface area contributed by atoms with E-state index in [2.05, 4.69) is 44.3 Å². The van der Waals surface area contributed by atoms with Crippen LogP contribution in [0.2, 0.25) is 0 Å². The van der Waals surface area contributed by atoms with Crippen LogP contribution in [0.3, 0.4) is 0 Å². The zero-order valence-electron chi connectivity index (χ0n) is 23.2. The number of anilines is 1. The van der Waals surface area contributed by atoms with E-state index in [0.29, 0.717) is 27.9 Å². The number of amides is 1. The van der Waals surface area contributed by atoms with E-state index < -0.39 is 23.3 Å². The molecule has 5 heterocycles. The highest BCUT2D eigenvalue weighted by Crippen LogP contribution is 2.32. The van der Waals surface area contributed by atoms with Crippen molar-refractivity contribution in [2.45, 2.75) is 44.2 Å². The zero-order chi connectivity index (χ0) is 28.8. The van der Waals surface area contributed by atoms with Crippen LogP contribution in [0.25, 0.3) is 22.0 Å². The highest BCUT2D eigenvalue weighted by molar-refractivity contribution is 7.13. The molecular weight excluding hydrogens is 553 g/mol. The van der Waals surface area contributed by atoms with Crippen LogP contribution in [0.15, 0.2) is 65.4 Å². The van der Waals surface area contributed by atoms with Crippen molar-refractivity contribution in [2.24, 2.45) is 0 Å². The average molecular weight is 584 g/mol. The molecule has 0 aliphatic carbocycles. The number of likely N-dealkylation sites (tertiary alicyclic amines) is 1. The molecule has 2 aliphatic heterocycles. The van der Waals surface area contributed by atoms with Crippen molar-refractivity contribution in [2.75, 3.05) is 25.5 Å². The first kappa shape index (κ1) is 26.7. The molecule has 214 valence electrons. The lowest BCUT2D eigenvalue weighted by atomic mass is 9.88. The van der Waals surface area contributed by atoms with Gasteiger partial charge in [0, 0.05) is 29.4 Å². The van der Waals surface area contributed by atoms with E-state index in [1.54, 1.807) is 30.0 Å². The van der Waals surface area contributed by atoms with Gasteiger partial charge in [0.15, 0.2) is 11.2 Å². The number of hydrogen-bond acceptors (Lipinski definition) is 7. The molecule has 1 N–H and O–H groups in total. The number of carbonyl (C=O) groups excluding carboxylic acids is 1. The Kier molecular flexibility index (Phi) is 6.91. The molecule has 1 fully saturated rings. The van der Waals surface area contributed by atoms with Crippen molar-refractivity contribution in [1.82, 2.24) is 29.0 Å². The predicted molar refractivity (Wildman–Crippen MR) is 160 cm³/mol. The molecule has 2 aliphatic rings. The van der Waals surface area contributed by atoms with Gasteiger partial charge in [-0.3, -0.25) is 19.5 Å². The number of nitrogens with zero attached hydrogens (tertiary/aromatic N) is 6. The Hall–Kier alpha value is -4.22. The van der Waals surface area contributed by atoms with E-state index in [0.717, 1.165) is 51.0 Å². The largest absolute Gasteiger partial charge is 0.334 e. The summed E-state index contributed by atoms with van der Waals surface area (Å²) >= 11 is 1.27. The second-order valence-corrected chi connectivity index (χ2v) is 12.0. The van der Waals surface area contributed by atoms with Crippen LogP contribution in [0.5, 0.6) is 0 Å². The van der Waals surface area contributed by atoms with Crippen LogP contribution in [0.4, 0.5) is 9.52 Å². The summed E-state index contributed by atoms with van der Waals surface area (Å²) in [6.07, 6.45) is 8.45. The molecule has 11 heteroatoms. The van der Waals surface area contributed by atoms with Crippen molar-refractivity contribution in [3.8, 4) is 11.1 Å². The normalized spacial score (nSPS) is 16.5. The summed E-state index contributed by atoms with van der Waals surface area (Å²) < 4.78 is 19.4. The van der Waals surface area contributed by atoms with Gasteiger partial charge in [0.25, 0.3) is 11.5 Å². The molecule has 1 amide bonds. The van der Waals surface area contributed by atoms with E-state index in [1.807, 2.05) is 16.7 Å². The van der Waals surface area contributed by atoms with Crippen molar-refractivity contribution < 1.29 is 9.18 Å². The molecular formula is C31H30FN7O2S. The molecule has 0 spiro atoms. The Bertz CT molecular complexity index is 1820. The van der Waals surface area contributed by atoms with Crippen LogP contribution in [0.1, 0.15) is 48.2 Å². The monoisotopic (exact) mass is 583 g/mol. The molecule has 0 radical (unpaired) electrons. The topological polar surface area (TPSA) is 97.9 Å². The maximum atomic E-state index is 16.2. The minimum absolute atomic E-state index is 0.155. The fourth-order valence-electron chi connectivity index (χ4n) is 6.24. The van der Waals surface area contributed by atoms with Gasteiger partial charge in [0.2, 0.25) is 0 Å². The smallest absolute Gasteiger partial charge is 0.265 e. The van der Waals surface area contributed by atoms with Gasteiger partial charge in [-0.1, -0.05) is 24.3 Å². The average Bonchev–Trinajstić information content (AvgIpc) is 3.76. The number of hydrogen-bond donors (Lipinski definition) is 1. The highest BCUT2D eigenvalue weighted by Gasteiger charge is 2.32. The summed E-state index contributed by atoms with van der Waals surface area (Å²) in [6.45, 7) is 2.92. The number of halogens is 1. The predicted octanol–water partition coefficient (Wildman–Crippen LogP) is 4.84. The van der Waals surface area contributed by atoms with Crippen LogP contribution >= 0.6 is 11.3 Å². The molecule has 1 saturated heterocycles. The number of aryl methyl sites for hydroxylation is 1. The third-order valence-electron chi connectivity index (χ3n) is 8.54.